The van der Waals surface area contributed by atoms with Crippen LogP contribution in [-0.2, 0) is 11.3 Å². The number of esters is 1. The Morgan fingerprint density at radius 3 is 2.29 bits per heavy atom. The Morgan fingerprint density at radius 1 is 0.839 bits per heavy atom. The minimum Gasteiger partial charge on any atom is -0.490 e. The van der Waals surface area contributed by atoms with Gasteiger partial charge >= 0.3 is 5.97 Å². The molecule has 0 aromatic heterocycles. The highest BCUT2D eigenvalue weighted by atomic mass is 79.9. The lowest BCUT2D eigenvalue weighted by Crippen LogP contribution is -2.29. The van der Waals surface area contributed by atoms with Crippen molar-refractivity contribution >= 4 is 33.7 Å². The summed E-state index contributed by atoms with van der Waals surface area (Å²) in [6, 6.07) is 21.0. The zero-order valence-electron chi connectivity index (χ0n) is 16.4. The summed E-state index contributed by atoms with van der Waals surface area (Å²) in [7, 11) is 0. The van der Waals surface area contributed by atoms with Gasteiger partial charge in [0.15, 0.2) is 0 Å². The zero-order chi connectivity index (χ0) is 21.8. The molecule has 0 saturated carbocycles. The topological polar surface area (TPSA) is 72.9 Å². The van der Waals surface area contributed by atoms with Crippen LogP contribution in [0.2, 0.25) is 0 Å². The molecule has 4 rings (SSSR count). The van der Waals surface area contributed by atoms with Crippen molar-refractivity contribution in [3.63, 3.8) is 0 Å². The molecular formula is C24H18BrNO5. The van der Waals surface area contributed by atoms with Crippen LogP contribution < -0.4 is 4.74 Å². The normalized spacial score (nSPS) is 12.6. The van der Waals surface area contributed by atoms with E-state index in [1.165, 1.54) is 23.1 Å². The highest BCUT2D eigenvalue weighted by Gasteiger charge is 2.36. The van der Waals surface area contributed by atoms with Crippen LogP contribution in [0.15, 0.2) is 77.3 Å². The molecule has 0 N–H and O–H groups in total. The van der Waals surface area contributed by atoms with E-state index in [2.05, 4.69) is 15.9 Å². The number of hydrogen-bond donors (Lipinski definition) is 0. The van der Waals surface area contributed by atoms with E-state index >= 15 is 0 Å². The van der Waals surface area contributed by atoms with E-state index in [1.54, 1.807) is 12.1 Å². The largest absolute Gasteiger partial charge is 0.490 e. The Kier molecular flexibility index (Phi) is 6.13. The molecule has 156 valence electrons. The second-order valence-corrected chi connectivity index (χ2v) is 7.80. The smallest absolute Gasteiger partial charge is 0.338 e. The molecule has 6 nitrogen and oxygen atoms in total. The molecule has 0 saturated heterocycles. The Labute approximate surface area is 187 Å². The highest BCUT2D eigenvalue weighted by Crippen LogP contribution is 2.26. The van der Waals surface area contributed by atoms with Crippen molar-refractivity contribution in [2.75, 3.05) is 13.2 Å². The molecule has 0 fully saturated rings. The Morgan fingerprint density at radius 2 is 1.55 bits per heavy atom. The zero-order valence-corrected chi connectivity index (χ0v) is 18.0. The lowest BCUT2D eigenvalue weighted by Gasteiger charge is -2.13. The van der Waals surface area contributed by atoms with Gasteiger partial charge in [0.2, 0.25) is 0 Å². The number of amides is 2. The number of carbonyl (C=O) groups excluding carboxylic acids is 3. The fraction of sp³-hybridized carbons (Fsp3) is 0.125. The number of halogens is 1. The summed E-state index contributed by atoms with van der Waals surface area (Å²) in [4.78, 5) is 38.9. The highest BCUT2D eigenvalue weighted by molar-refractivity contribution is 9.10. The predicted octanol–water partition coefficient (Wildman–Crippen LogP) is 4.48. The number of hydrogen-bond acceptors (Lipinski definition) is 5. The Balaban J connectivity index is 1.37. The van der Waals surface area contributed by atoms with E-state index in [0.717, 1.165) is 10.0 Å². The second-order valence-electron chi connectivity index (χ2n) is 6.88. The molecule has 3 aromatic rings. The molecule has 0 bridgehead atoms. The fourth-order valence-electron chi connectivity index (χ4n) is 3.24. The van der Waals surface area contributed by atoms with Gasteiger partial charge in [-0.25, -0.2) is 4.79 Å². The van der Waals surface area contributed by atoms with Crippen LogP contribution in [0, 0.1) is 0 Å². The summed E-state index contributed by atoms with van der Waals surface area (Å²) in [6.07, 6.45) is 0. The minimum absolute atomic E-state index is 0.0546. The number of nitrogens with zero attached hydrogens (tertiary/aromatic N) is 1. The van der Waals surface area contributed by atoms with Crippen molar-refractivity contribution in [2.24, 2.45) is 0 Å². The minimum atomic E-state index is -0.580. The molecular weight excluding hydrogens is 462 g/mol. The van der Waals surface area contributed by atoms with Crippen molar-refractivity contribution in [3.05, 3.63) is 99.5 Å². The van der Waals surface area contributed by atoms with Crippen molar-refractivity contribution < 1.29 is 23.9 Å². The van der Waals surface area contributed by atoms with E-state index in [4.69, 9.17) is 9.47 Å². The molecule has 1 aliphatic rings. The number of imide groups is 1. The third kappa shape index (κ3) is 4.67. The number of rotatable bonds is 7. The van der Waals surface area contributed by atoms with E-state index in [0.29, 0.717) is 5.75 Å². The number of fused-ring (bicyclic) bond motifs is 1. The van der Waals surface area contributed by atoms with Gasteiger partial charge in [0.05, 0.1) is 23.2 Å². The molecule has 1 aliphatic heterocycles. The van der Waals surface area contributed by atoms with Crippen LogP contribution in [-0.4, -0.2) is 35.9 Å². The molecule has 3 aromatic carbocycles. The first-order chi connectivity index (χ1) is 15.0. The quantitative estimate of drug-likeness (QED) is 0.283. The lowest BCUT2D eigenvalue weighted by molar-refractivity contribution is 0.0450. The Hall–Kier alpha value is -3.45. The van der Waals surface area contributed by atoms with Gasteiger partial charge < -0.3 is 9.47 Å². The first-order valence-corrected chi connectivity index (χ1v) is 10.4. The maximum absolute atomic E-state index is 12.8. The van der Waals surface area contributed by atoms with E-state index in [9.17, 15) is 14.4 Å². The van der Waals surface area contributed by atoms with E-state index in [1.807, 2.05) is 42.5 Å². The van der Waals surface area contributed by atoms with Crippen LogP contribution >= 0.6 is 15.9 Å². The van der Waals surface area contributed by atoms with Gasteiger partial charge in [-0.3, -0.25) is 14.5 Å². The summed E-state index contributed by atoms with van der Waals surface area (Å²) in [6.45, 7) is 0.430. The number of ether oxygens (including phenoxy) is 2. The van der Waals surface area contributed by atoms with Crippen LogP contribution in [0.25, 0.3) is 0 Å². The van der Waals surface area contributed by atoms with Gasteiger partial charge in [-0.15, -0.1) is 0 Å². The summed E-state index contributed by atoms with van der Waals surface area (Å²) in [5.74, 6) is -0.702. The van der Waals surface area contributed by atoms with Gasteiger partial charge in [0.25, 0.3) is 11.8 Å². The van der Waals surface area contributed by atoms with E-state index in [-0.39, 0.29) is 42.4 Å². The molecule has 2 amide bonds. The third-order valence-electron chi connectivity index (χ3n) is 4.79. The molecule has 0 atom stereocenters. The molecule has 0 unspecified atom stereocenters. The first-order valence-electron chi connectivity index (χ1n) is 9.62. The molecule has 31 heavy (non-hydrogen) atoms. The van der Waals surface area contributed by atoms with Gasteiger partial charge in [0.1, 0.15) is 19.0 Å². The molecule has 0 radical (unpaired) electrons. The SMILES string of the molecule is O=C(OCCOc1ccc(Br)cc1)c1ccc2c(c1)C(=O)N(Cc1ccccc1)C2=O. The maximum Gasteiger partial charge on any atom is 0.338 e. The monoisotopic (exact) mass is 479 g/mol. The van der Waals surface area contributed by atoms with Gasteiger partial charge in [-0.05, 0) is 48.0 Å². The fourth-order valence-corrected chi connectivity index (χ4v) is 3.50. The average Bonchev–Trinajstić information content (AvgIpc) is 3.03. The average molecular weight is 480 g/mol. The van der Waals surface area contributed by atoms with Gasteiger partial charge in [-0.2, -0.15) is 0 Å². The van der Waals surface area contributed by atoms with Crippen molar-refractivity contribution in [2.45, 2.75) is 6.54 Å². The first kappa shape index (κ1) is 20.8. The summed E-state index contributed by atoms with van der Waals surface area (Å²) in [5.41, 5.74) is 1.56. The van der Waals surface area contributed by atoms with Crippen LogP contribution in [0.4, 0.5) is 0 Å². The van der Waals surface area contributed by atoms with E-state index < -0.39 is 11.9 Å². The third-order valence-corrected chi connectivity index (χ3v) is 5.32. The van der Waals surface area contributed by atoms with Crippen molar-refractivity contribution in [3.8, 4) is 5.75 Å². The predicted molar refractivity (Wildman–Crippen MR) is 117 cm³/mol. The summed E-state index contributed by atoms with van der Waals surface area (Å²) >= 11 is 3.35. The van der Waals surface area contributed by atoms with Crippen LogP contribution in [0.5, 0.6) is 5.75 Å². The van der Waals surface area contributed by atoms with Gasteiger partial charge in [-0.1, -0.05) is 46.3 Å². The summed E-state index contributed by atoms with van der Waals surface area (Å²) in [5, 5.41) is 0. The molecule has 0 aliphatic carbocycles. The second kappa shape index (κ2) is 9.14. The molecule has 1 heterocycles. The standard InChI is InChI=1S/C24H18BrNO5/c25-18-7-9-19(10-8-18)30-12-13-31-24(29)17-6-11-20-21(14-17)23(28)26(22(20)27)15-16-4-2-1-3-5-16/h1-11,14H,12-13,15H2. The van der Waals surface area contributed by atoms with Crippen LogP contribution in [0.1, 0.15) is 36.6 Å². The number of carbonyl (C=O) groups is 3. The number of benzene rings is 3. The Bertz CT molecular complexity index is 1130. The van der Waals surface area contributed by atoms with Crippen molar-refractivity contribution in [1.29, 1.82) is 0 Å². The molecule has 7 heteroatoms. The van der Waals surface area contributed by atoms with Gasteiger partial charge in [0, 0.05) is 4.47 Å². The lowest BCUT2D eigenvalue weighted by atomic mass is 10.1. The maximum atomic E-state index is 12.8. The summed E-state index contributed by atoms with van der Waals surface area (Å²) < 4.78 is 11.7. The van der Waals surface area contributed by atoms with Crippen LogP contribution in [0.3, 0.4) is 0 Å². The molecule has 0 spiro atoms. The van der Waals surface area contributed by atoms with Crippen molar-refractivity contribution in [1.82, 2.24) is 4.90 Å².